The Hall–Kier alpha value is -2.11. The average molecular weight is 279 g/mol. The van der Waals surface area contributed by atoms with Crippen molar-refractivity contribution in [3.05, 3.63) is 33.9 Å². The first-order valence-corrected chi connectivity index (χ1v) is 6.70. The summed E-state index contributed by atoms with van der Waals surface area (Å²) in [6.07, 6.45) is 1.98. The van der Waals surface area contributed by atoms with Crippen LogP contribution in [-0.4, -0.2) is 24.4 Å². The second-order valence-electron chi connectivity index (χ2n) is 5.03. The Labute approximate surface area is 118 Å². The Morgan fingerprint density at radius 2 is 2.10 bits per heavy atom. The van der Waals surface area contributed by atoms with E-state index in [4.69, 9.17) is 0 Å². The van der Waals surface area contributed by atoms with Gasteiger partial charge in [-0.1, -0.05) is 13.8 Å². The normalized spacial score (nSPS) is 10.4. The summed E-state index contributed by atoms with van der Waals surface area (Å²) >= 11 is 0. The molecular formula is C14H21N3O3. The van der Waals surface area contributed by atoms with Gasteiger partial charge in [0, 0.05) is 25.2 Å². The van der Waals surface area contributed by atoms with Crippen molar-refractivity contribution in [2.75, 3.05) is 18.9 Å². The molecule has 1 amide bonds. The second kappa shape index (κ2) is 7.47. The molecule has 0 heterocycles. The molecular weight excluding hydrogens is 258 g/mol. The van der Waals surface area contributed by atoms with E-state index in [1.807, 2.05) is 0 Å². The van der Waals surface area contributed by atoms with E-state index in [9.17, 15) is 14.9 Å². The molecule has 0 spiro atoms. The number of anilines is 1. The van der Waals surface area contributed by atoms with Crippen molar-refractivity contribution in [1.82, 2.24) is 5.32 Å². The summed E-state index contributed by atoms with van der Waals surface area (Å²) in [5, 5.41) is 16.4. The van der Waals surface area contributed by atoms with Gasteiger partial charge in [0.1, 0.15) is 5.69 Å². The number of hydrogen-bond acceptors (Lipinski definition) is 4. The maximum Gasteiger partial charge on any atom is 0.292 e. The highest BCUT2D eigenvalue weighted by Gasteiger charge is 2.15. The first kappa shape index (κ1) is 15.9. The lowest BCUT2D eigenvalue weighted by atomic mass is 10.1. The monoisotopic (exact) mass is 279 g/mol. The van der Waals surface area contributed by atoms with Crippen LogP contribution in [0, 0.1) is 16.0 Å². The third kappa shape index (κ3) is 4.53. The van der Waals surface area contributed by atoms with Crippen molar-refractivity contribution < 1.29 is 9.72 Å². The Morgan fingerprint density at radius 3 is 2.65 bits per heavy atom. The lowest BCUT2D eigenvalue weighted by Crippen LogP contribution is -2.24. The minimum atomic E-state index is -0.476. The fraction of sp³-hybridized carbons (Fsp3) is 0.500. The highest BCUT2D eigenvalue weighted by Crippen LogP contribution is 2.24. The molecule has 110 valence electrons. The molecule has 0 radical (unpaired) electrons. The van der Waals surface area contributed by atoms with Gasteiger partial charge >= 0.3 is 0 Å². The van der Waals surface area contributed by atoms with Crippen LogP contribution in [0.3, 0.4) is 0 Å². The molecule has 0 saturated heterocycles. The summed E-state index contributed by atoms with van der Waals surface area (Å²) in [6.45, 7) is 4.89. The van der Waals surface area contributed by atoms with Crippen LogP contribution in [-0.2, 0) is 0 Å². The van der Waals surface area contributed by atoms with E-state index in [2.05, 4.69) is 24.5 Å². The van der Waals surface area contributed by atoms with Gasteiger partial charge in [0.25, 0.3) is 11.6 Å². The Bertz CT molecular complexity index is 487. The molecule has 0 atom stereocenters. The molecule has 2 N–H and O–H groups in total. The van der Waals surface area contributed by atoms with Gasteiger partial charge in [0.15, 0.2) is 0 Å². The third-order valence-electron chi connectivity index (χ3n) is 2.97. The van der Waals surface area contributed by atoms with Gasteiger partial charge in [-0.05, 0) is 30.9 Å². The van der Waals surface area contributed by atoms with Crippen LogP contribution in [0.1, 0.15) is 37.0 Å². The molecule has 20 heavy (non-hydrogen) atoms. The van der Waals surface area contributed by atoms with E-state index in [0.717, 1.165) is 12.8 Å². The maximum absolute atomic E-state index is 11.9. The number of nitro groups is 1. The number of rotatable bonds is 7. The first-order chi connectivity index (χ1) is 9.45. The van der Waals surface area contributed by atoms with Crippen molar-refractivity contribution in [1.29, 1.82) is 0 Å². The molecule has 1 aromatic carbocycles. The van der Waals surface area contributed by atoms with E-state index in [0.29, 0.717) is 23.7 Å². The van der Waals surface area contributed by atoms with E-state index in [1.165, 1.54) is 18.2 Å². The summed E-state index contributed by atoms with van der Waals surface area (Å²) in [4.78, 5) is 22.3. The lowest BCUT2D eigenvalue weighted by molar-refractivity contribution is -0.383. The fourth-order valence-electron chi connectivity index (χ4n) is 1.85. The van der Waals surface area contributed by atoms with Crippen molar-refractivity contribution in [2.24, 2.45) is 5.92 Å². The zero-order valence-electron chi connectivity index (χ0n) is 12.1. The van der Waals surface area contributed by atoms with E-state index in [1.54, 1.807) is 7.05 Å². The summed E-state index contributed by atoms with van der Waals surface area (Å²) in [7, 11) is 1.59. The van der Waals surface area contributed by atoms with Crippen LogP contribution in [0.4, 0.5) is 11.4 Å². The first-order valence-electron chi connectivity index (χ1n) is 6.70. The standard InChI is InChI=1S/C14H21N3O3/c1-10(2)5-4-8-16-14(18)11-6-7-13(17(19)20)12(9-11)15-3/h6-7,9-10,15H,4-5,8H2,1-3H3,(H,16,18). The van der Waals surface area contributed by atoms with Gasteiger partial charge in [-0.25, -0.2) is 0 Å². The molecule has 0 aliphatic carbocycles. The lowest BCUT2D eigenvalue weighted by Gasteiger charge is -2.08. The Morgan fingerprint density at radius 1 is 1.40 bits per heavy atom. The SMILES string of the molecule is CNc1cc(C(=O)NCCCC(C)C)ccc1[N+](=O)[O-]. The summed E-state index contributed by atoms with van der Waals surface area (Å²) in [5.41, 5.74) is 0.721. The molecule has 0 fully saturated rings. The number of nitro benzene ring substituents is 1. The maximum atomic E-state index is 11.9. The summed E-state index contributed by atoms with van der Waals surface area (Å²) < 4.78 is 0. The van der Waals surface area contributed by atoms with Gasteiger partial charge in [-0.3, -0.25) is 14.9 Å². The number of amides is 1. The molecule has 6 nitrogen and oxygen atoms in total. The molecule has 0 bridgehead atoms. The highest BCUT2D eigenvalue weighted by atomic mass is 16.6. The molecule has 0 unspecified atom stereocenters. The van der Waals surface area contributed by atoms with Crippen molar-refractivity contribution >= 4 is 17.3 Å². The van der Waals surface area contributed by atoms with Crippen LogP contribution < -0.4 is 10.6 Å². The number of benzene rings is 1. The van der Waals surface area contributed by atoms with Gasteiger partial charge < -0.3 is 10.6 Å². The predicted octanol–water partition coefficient (Wildman–Crippen LogP) is 2.80. The minimum Gasteiger partial charge on any atom is -0.383 e. The fourth-order valence-corrected chi connectivity index (χ4v) is 1.85. The number of nitrogens with zero attached hydrogens (tertiary/aromatic N) is 1. The largest absolute Gasteiger partial charge is 0.383 e. The predicted molar refractivity (Wildman–Crippen MR) is 79.0 cm³/mol. The van der Waals surface area contributed by atoms with Crippen molar-refractivity contribution in [3.63, 3.8) is 0 Å². The number of nitrogens with one attached hydrogen (secondary N) is 2. The smallest absolute Gasteiger partial charge is 0.292 e. The molecule has 6 heteroatoms. The number of carbonyl (C=O) groups is 1. The molecule has 0 aromatic heterocycles. The Balaban J connectivity index is 2.67. The van der Waals surface area contributed by atoms with Crippen molar-refractivity contribution in [2.45, 2.75) is 26.7 Å². The molecule has 0 saturated carbocycles. The topological polar surface area (TPSA) is 84.3 Å². The van der Waals surface area contributed by atoms with Crippen LogP contribution in [0.2, 0.25) is 0 Å². The van der Waals surface area contributed by atoms with Gasteiger partial charge in [0.2, 0.25) is 0 Å². The Kier molecular flexibility index (Phi) is 5.96. The van der Waals surface area contributed by atoms with E-state index < -0.39 is 4.92 Å². The number of hydrogen-bond donors (Lipinski definition) is 2. The van der Waals surface area contributed by atoms with Crippen LogP contribution in [0.5, 0.6) is 0 Å². The molecule has 1 aromatic rings. The molecule has 1 rings (SSSR count). The van der Waals surface area contributed by atoms with Gasteiger partial charge in [-0.15, -0.1) is 0 Å². The number of carbonyl (C=O) groups excluding carboxylic acids is 1. The zero-order valence-corrected chi connectivity index (χ0v) is 12.1. The molecule has 0 aliphatic heterocycles. The minimum absolute atomic E-state index is 0.0381. The quantitative estimate of drug-likeness (QED) is 0.456. The van der Waals surface area contributed by atoms with E-state index >= 15 is 0 Å². The van der Waals surface area contributed by atoms with Crippen LogP contribution in [0.25, 0.3) is 0 Å². The summed E-state index contributed by atoms with van der Waals surface area (Å²) in [5.74, 6) is 0.405. The summed E-state index contributed by atoms with van der Waals surface area (Å²) in [6, 6.07) is 4.31. The zero-order chi connectivity index (χ0) is 15.1. The highest BCUT2D eigenvalue weighted by molar-refractivity contribution is 5.95. The van der Waals surface area contributed by atoms with Gasteiger partial charge in [-0.2, -0.15) is 0 Å². The van der Waals surface area contributed by atoms with Crippen molar-refractivity contribution in [3.8, 4) is 0 Å². The van der Waals surface area contributed by atoms with Crippen LogP contribution >= 0.6 is 0 Å². The second-order valence-corrected chi connectivity index (χ2v) is 5.03. The van der Waals surface area contributed by atoms with Crippen LogP contribution in [0.15, 0.2) is 18.2 Å². The third-order valence-corrected chi connectivity index (χ3v) is 2.97. The molecule has 0 aliphatic rings. The van der Waals surface area contributed by atoms with E-state index in [-0.39, 0.29) is 11.6 Å². The van der Waals surface area contributed by atoms with Gasteiger partial charge in [0.05, 0.1) is 4.92 Å². The average Bonchev–Trinajstić information content (AvgIpc) is 2.42.